The summed E-state index contributed by atoms with van der Waals surface area (Å²) in [7, 11) is 0. The summed E-state index contributed by atoms with van der Waals surface area (Å²) < 4.78 is 0. The Bertz CT molecular complexity index is 292. The average Bonchev–Trinajstić information content (AvgIpc) is 2.17. The van der Waals surface area contributed by atoms with Gasteiger partial charge in [-0.2, -0.15) is 0 Å². The van der Waals surface area contributed by atoms with Gasteiger partial charge in [0.05, 0.1) is 11.4 Å². The first-order valence-electron chi connectivity index (χ1n) is 5.35. The van der Waals surface area contributed by atoms with Crippen LogP contribution in [0.3, 0.4) is 0 Å². The van der Waals surface area contributed by atoms with Crippen molar-refractivity contribution in [2.45, 2.75) is 20.3 Å². The highest BCUT2D eigenvalue weighted by Crippen LogP contribution is 2.22. The van der Waals surface area contributed by atoms with Gasteiger partial charge in [0.2, 0.25) is 0 Å². The summed E-state index contributed by atoms with van der Waals surface area (Å²) in [5.74, 6) is 0.453. The van der Waals surface area contributed by atoms with Crippen molar-refractivity contribution in [2.75, 3.05) is 24.2 Å². The molecule has 1 aromatic rings. The fourth-order valence-electron chi connectivity index (χ4n) is 1.53. The number of para-hydroxylation sites is 1. The minimum Gasteiger partial charge on any atom is -0.397 e. The molecule has 1 aromatic carbocycles. The molecule has 4 N–H and O–H groups in total. The van der Waals surface area contributed by atoms with Gasteiger partial charge in [0.15, 0.2) is 0 Å². The largest absolute Gasteiger partial charge is 0.397 e. The number of anilines is 2. The standard InChI is InChI=1S/C12H20N2O/c1-9(6-7-15)8-14-12-10(2)4-3-5-11(12)13/h3-5,9,14-15H,6-8,13H2,1-2H3. The van der Waals surface area contributed by atoms with Gasteiger partial charge in [-0.05, 0) is 30.9 Å². The van der Waals surface area contributed by atoms with E-state index in [0.717, 1.165) is 29.9 Å². The van der Waals surface area contributed by atoms with Gasteiger partial charge >= 0.3 is 0 Å². The van der Waals surface area contributed by atoms with Gasteiger partial charge in [0, 0.05) is 13.2 Å². The SMILES string of the molecule is Cc1cccc(N)c1NCC(C)CCO. The summed E-state index contributed by atoms with van der Waals surface area (Å²) in [5, 5.41) is 12.1. The summed E-state index contributed by atoms with van der Waals surface area (Å²) in [6.45, 7) is 5.23. The van der Waals surface area contributed by atoms with Gasteiger partial charge in [0.1, 0.15) is 0 Å². The maximum Gasteiger partial charge on any atom is 0.0603 e. The van der Waals surface area contributed by atoms with Crippen molar-refractivity contribution in [1.29, 1.82) is 0 Å². The number of hydrogen-bond acceptors (Lipinski definition) is 3. The van der Waals surface area contributed by atoms with Crippen molar-refractivity contribution in [3.05, 3.63) is 23.8 Å². The van der Waals surface area contributed by atoms with Crippen LogP contribution < -0.4 is 11.1 Å². The lowest BCUT2D eigenvalue weighted by Gasteiger charge is -2.15. The second-order valence-electron chi connectivity index (χ2n) is 4.04. The third-order valence-electron chi connectivity index (χ3n) is 2.55. The average molecular weight is 208 g/mol. The van der Waals surface area contributed by atoms with Gasteiger partial charge in [-0.1, -0.05) is 19.1 Å². The molecule has 84 valence electrons. The normalized spacial score (nSPS) is 12.5. The van der Waals surface area contributed by atoms with Crippen LogP contribution in [0.15, 0.2) is 18.2 Å². The number of aliphatic hydroxyl groups excluding tert-OH is 1. The van der Waals surface area contributed by atoms with Crippen molar-refractivity contribution < 1.29 is 5.11 Å². The zero-order valence-corrected chi connectivity index (χ0v) is 9.46. The minimum absolute atomic E-state index is 0.242. The molecule has 0 saturated heterocycles. The van der Waals surface area contributed by atoms with Crippen LogP contribution in [-0.4, -0.2) is 18.3 Å². The van der Waals surface area contributed by atoms with Crippen LogP contribution in [0.5, 0.6) is 0 Å². The predicted molar refractivity (Wildman–Crippen MR) is 64.9 cm³/mol. The van der Waals surface area contributed by atoms with Gasteiger partial charge < -0.3 is 16.2 Å². The van der Waals surface area contributed by atoms with E-state index in [-0.39, 0.29) is 6.61 Å². The van der Waals surface area contributed by atoms with Crippen molar-refractivity contribution in [2.24, 2.45) is 5.92 Å². The molecule has 0 bridgehead atoms. The maximum absolute atomic E-state index is 8.79. The van der Waals surface area contributed by atoms with Crippen molar-refractivity contribution in [1.82, 2.24) is 0 Å². The first-order chi connectivity index (χ1) is 7.15. The maximum atomic E-state index is 8.79. The molecule has 1 atom stereocenters. The molecule has 0 fully saturated rings. The summed E-state index contributed by atoms with van der Waals surface area (Å²) in [6.07, 6.45) is 0.818. The quantitative estimate of drug-likeness (QED) is 0.649. The zero-order valence-electron chi connectivity index (χ0n) is 9.46. The van der Waals surface area contributed by atoms with E-state index in [9.17, 15) is 0 Å². The fourth-order valence-corrected chi connectivity index (χ4v) is 1.53. The molecule has 0 radical (unpaired) electrons. The van der Waals surface area contributed by atoms with Crippen molar-refractivity contribution >= 4 is 11.4 Å². The minimum atomic E-state index is 0.242. The summed E-state index contributed by atoms with van der Waals surface area (Å²) >= 11 is 0. The molecular weight excluding hydrogens is 188 g/mol. The Kier molecular flexibility index (Phi) is 4.43. The molecule has 0 aliphatic rings. The van der Waals surface area contributed by atoms with Gasteiger partial charge in [-0.3, -0.25) is 0 Å². The Morgan fingerprint density at radius 2 is 2.20 bits per heavy atom. The zero-order chi connectivity index (χ0) is 11.3. The molecule has 3 heteroatoms. The Morgan fingerprint density at radius 3 is 2.80 bits per heavy atom. The number of nitrogen functional groups attached to an aromatic ring is 1. The van der Waals surface area contributed by atoms with E-state index in [1.54, 1.807) is 0 Å². The molecule has 3 nitrogen and oxygen atoms in total. The lowest BCUT2D eigenvalue weighted by atomic mass is 10.1. The number of aliphatic hydroxyl groups is 1. The van der Waals surface area contributed by atoms with Crippen LogP contribution in [0.1, 0.15) is 18.9 Å². The lowest BCUT2D eigenvalue weighted by molar-refractivity contribution is 0.266. The van der Waals surface area contributed by atoms with Crippen molar-refractivity contribution in [3.63, 3.8) is 0 Å². The third kappa shape index (κ3) is 3.44. The first-order valence-corrected chi connectivity index (χ1v) is 5.35. The molecule has 0 aromatic heterocycles. The molecule has 1 rings (SSSR count). The van der Waals surface area contributed by atoms with E-state index in [0.29, 0.717) is 5.92 Å². The van der Waals surface area contributed by atoms with E-state index in [4.69, 9.17) is 10.8 Å². The molecule has 0 saturated carbocycles. The molecule has 0 aliphatic carbocycles. The molecule has 0 spiro atoms. The number of nitrogens with one attached hydrogen (secondary N) is 1. The second-order valence-corrected chi connectivity index (χ2v) is 4.04. The van der Waals surface area contributed by atoms with E-state index in [1.165, 1.54) is 0 Å². The Morgan fingerprint density at radius 1 is 1.47 bits per heavy atom. The number of nitrogens with two attached hydrogens (primary N) is 1. The fraction of sp³-hybridized carbons (Fsp3) is 0.500. The van der Waals surface area contributed by atoms with Gasteiger partial charge in [0.25, 0.3) is 0 Å². The Hall–Kier alpha value is -1.22. The highest BCUT2D eigenvalue weighted by molar-refractivity contribution is 5.69. The highest BCUT2D eigenvalue weighted by atomic mass is 16.3. The van der Waals surface area contributed by atoms with Crippen LogP contribution in [0.2, 0.25) is 0 Å². The lowest BCUT2D eigenvalue weighted by Crippen LogP contribution is -2.14. The molecule has 15 heavy (non-hydrogen) atoms. The number of hydrogen-bond donors (Lipinski definition) is 3. The van der Waals surface area contributed by atoms with Crippen LogP contribution >= 0.6 is 0 Å². The molecule has 0 heterocycles. The van der Waals surface area contributed by atoms with Gasteiger partial charge in [-0.25, -0.2) is 0 Å². The number of rotatable bonds is 5. The monoisotopic (exact) mass is 208 g/mol. The molecule has 1 unspecified atom stereocenters. The topological polar surface area (TPSA) is 58.3 Å². The second kappa shape index (κ2) is 5.61. The molecule has 0 amide bonds. The van der Waals surface area contributed by atoms with E-state index < -0.39 is 0 Å². The Labute approximate surface area is 91.3 Å². The van der Waals surface area contributed by atoms with E-state index in [2.05, 4.69) is 12.2 Å². The van der Waals surface area contributed by atoms with E-state index >= 15 is 0 Å². The molecule has 0 aliphatic heterocycles. The summed E-state index contributed by atoms with van der Waals surface area (Å²) in [6, 6.07) is 5.88. The van der Waals surface area contributed by atoms with Crippen molar-refractivity contribution in [3.8, 4) is 0 Å². The molecular formula is C12H20N2O. The van der Waals surface area contributed by atoms with Crippen LogP contribution in [-0.2, 0) is 0 Å². The first kappa shape index (κ1) is 11.9. The third-order valence-corrected chi connectivity index (χ3v) is 2.55. The smallest absolute Gasteiger partial charge is 0.0603 e. The van der Waals surface area contributed by atoms with Crippen LogP contribution in [0.25, 0.3) is 0 Å². The van der Waals surface area contributed by atoms with Crippen LogP contribution in [0.4, 0.5) is 11.4 Å². The highest BCUT2D eigenvalue weighted by Gasteiger charge is 2.04. The number of benzene rings is 1. The Balaban J connectivity index is 2.57. The van der Waals surface area contributed by atoms with Gasteiger partial charge in [-0.15, -0.1) is 0 Å². The summed E-state index contributed by atoms with van der Waals surface area (Å²) in [4.78, 5) is 0. The number of aryl methyl sites for hydroxylation is 1. The summed E-state index contributed by atoms with van der Waals surface area (Å²) in [5.41, 5.74) is 8.83. The van der Waals surface area contributed by atoms with Crippen LogP contribution in [0, 0.1) is 12.8 Å². The van der Waals surface area contributed by atoms with E-state index in [1.807, 2.05) is 25.1 Å². The predicted octanol–water partition coefficient (Wildman–Crippen LogP) is 2.01.